The van der Waals surface area contributed by atoms with Gasteiger partial charge < -0.3 is 15.7 Å². The summed E-state index contributed by atoms with van der Waals surface area (Å²) in [6.45, 7) is 4.09. The number of carbonyl (C=O) groups is 2. The van der Waals surface area contributed by atoms with Crippen LogP contribution in [0.5, 0.6) is 0 Å². The molecule has 1 aromatic carbocycles. The van der Waals surface area contributed by atoms with Crippen molar-refractivity contribution in [3.05, 3.63) is 35.9 Å². The fourth-order valence-electron chi connectivity index (χ4n) is 3.18. The van der Waals surface area contributed by atoms with E-state index in [-0.39, 0.29) is 11.8 Å². The van der Waals surface area contributed by atoms with Crippen molar-refractivity contribution in [3.8, 4) is 0 Å². The maximum Gasteiger partial charge on any atom is 0.326 e. The van der Waals surface area contributed by atoms with Crippen molar-refractivity contribution in [2.45, 2.75) is 38.6 Å². The normalized spacial score (nSPS) is 18.1. The Bertz CT molecular complexity index is 512. The van der Waals surface area contributed by atoms with Crippen LogP contribution in [0, 0.1) is 11.8 Å². The first-order valence-electron chi connectivity index (χ1n) is 8.33. The van der Waals surface area contributed by atoms with Crippen LogP contribution in [0.15, 0.2) is 30.3 Å². The summed E-state index contributed by atoms with van der Waals surface area (Å²) in [6.07, 6.45) is 2.87. The summed E-state index contributed by atoms with van der Waals surface area (Å²) in [5.41, 5.74) is 0.909. The maximum atomic E-state index is 12.2. The number of benzene rings is 1. The van der Waals surface area contributed by atoms with Gasteiger partial charge in [0.05, 0.1) is 0 Å². The summed E-state index contributed by atoms with van der Waals surface area (Å²) in [6, 6.07) is 8.51. The molecule has 0 aromatic heterocycles. The highest BCUT2D eigenvalue weighted by Crippen LogP contribution is 2.24. The third kappa shape index (κ3) is 5.67. The van der Waals surface area contributed by atoms with Crippen LogP contribution in [0.4, 0.5) is 0 Å². The van der Waals surface area contributed by atoms with Crippen LogP contribution >= 0.6 is 0 Å². The first-order valence-corrected chi connectivity index (χ1v) is 8.33. The lowest BCUT2D eigenvalue weighted by atomic mass is 9.84. The van der Waals surface area contributed by atoms with Crippen molar-refractivity contribution in [2.24, 2.45) is 11.8 Å². The van der Waals surface area contributed by atoms with E-state index in [1.165, 1.54) is 0 Å². The van der Waals surface area contributed by atoms with Crippen LogP contribution in [0.25, 0.3) is 0 Å². The molecule has 1 saturated heterocycles. The SMILES string of the molecule is CC(CC(=O)N[C@H](Cc1ccccc1)C(=O)O)C1CCNCC1. The summed E-state index contributed by atoms with van der Waals surface area (Å²) < 4.78 is 0. The minimum absolute atomic E-state index is 0.167. The molecular weight excluding hydrogens is 292 g/mol. The number of nitrogens with one attached hydrogen (secondary N) is 2. The van der Waals surface area contributed by atoms with E-state index in [1.807, 2.05) is 30.3 Å². The Kier molecular flexibility index (Phi) is 6.59. The van der Waals surface area contributed by atoms with Crippen molar-refractivity contribution in [2.75, 3.05) is 13.1 Å². The van der Waals surface area contributed by atoms with Gasteiger partial charge in [-0.15, -0.1) is 0 Å². The van der Waals surface area contributed by atoms with Gasteiger partial charge in [-0.1, -0.05) is 37.3 Å². The number of piperidine rings is 1. The molecule has 2 rings (SSSR count). The maximum absolute atomic E-state index is 12.2. The van der Waals surface area contributed by atoms with Crippen molar-refractivity contribution in [1.29, 1.82) is 0 Å². The van der Waals surface area contributed by atoms with Gasteiger partial charge in [-0.3, -0.25) is 4.79 Å². The highest BCUT2D eigenvalue weighted by Gasteiger charge is 2.25. The van der Waals surface area contributed by atoms with Crippen molar-refractivity contribution in [3.63, 3.8) is 0 Å². The summed E-state index contributed by atoms with van der Waals surface area (Å²) in [7, 11) is 0. The minimum Gasteiger partial charge on any atom is -0.480 e. The summed E-state index contributed by atoms with van der Waals surface area (Å²) in [5, 5.41) is 15.3. The second kappa shape index (κ2) is 8.67. The molecule has 1 aliphatic heterocycles. The fraction of sp³-hybridized carbons (Fsp3) is 0.556. The predicted molar refractivity (Wildman–Crippen MR) is 89.1 cm³/mol. The Morgan fingerprint density at radius 1 is 1.26 bits per heavy atom. The molecule has 23 heavy (non-hydrogen) atoms. The van der Waals surface area contributed by atoms with Gasteiger partial charge >= 0.3 is 5.97 Å². The Balaban J connectivity index is 1.86. The number of amides is 1. The Morgan fingerprint density at radius 2 is 1.91 bits per heavy atom. The van der Waals surface area contributed by atoms with Crippen LogP contribution < -0.4 is 10.6 Å². The quantitative estimate of drug-likeness (QED) is 0.716. The monoisotopic (exact) mass is 318 g/mol. The zero-order valence-corrected chi connectivity index (χ0v) is 13.6. The lowest BCUT2D eigenvalue weighted by Gasteiger charge is -2.28. The molecule has 1 unspecified atom stereocenters. The molecular formula is C18H26N2O3. The van der Waals surface area contributed by atoms with Gasteiger partial charge in [-0.25, -0.2) is 4.79 Å². The molecule has 126 valence electrons. The van der Waals surface area contributed by atoms with Gasteiger partial charge in [0, 0.05) is 12.8 Å². The molecule has 1 aromatic rings. The second-order valence-corrected chi connectivity index (χ2v) is 6.42. The molecule has 0 saturated carbocycles. The molecule has 3 N–H and O–H groups in total. The third-order valence-corrected chi connectivity index (χ3v) is 4.61. The molecule has 5 nitrogen and oxygen atoms in total. The molecule has 1 aliphatic rings. The molecule has 2 atom stereocenters. The Labute approximate surface area is 137 Å². The zero-order valence-electron chi connectivity index (χ0n) is 13.6. The number of hydrogen-bond donors (Lipinski definition) is 3. The molecule has 1 fully saturated rings. The van der Waals surface area contributed by atoms with E-state index in [9.17, 15) is 14.7 Å². The molecule has 0 bridgehead atoms. The zero-order chi connectivity index (χ0) is 16.7. The van der Waals surface area contributed by atoms with Crippen molar-refractivity contribution < 1.29 is 14.7 Å². The van der Waals surface area contributed by atoms with Crippen molar-refractivity contribution in [1.82, 2.24) is 10.6 Å². The topological polar surface area (TPSA) is 78.4 Å². The standard InChI is InChI=1S/C18H26N2O3/c1-13(15-7-9-19-10-8-15)11-17(21)20-16(18(22)23)12-14-5-3-2-4-6-14/h2-6,13,15-16,19H,7-12H2,1H3,(H,20,21)(H,22,23)/t13?,16-/m1/s1. The van der Waals surface area contributed by atoms with E-state index in [4.69, 9.17) is 0 Å². The van der Waals surface area contributed by atoms with Crippen LogP contribution in [-0.2, 0) is 16.0 Å². The summed E-state index contributed by atoms with van der Waals surface area (Å²) >= 11 is 0. The number of rotatable bonds is 7. The summed E-state index contributed by atoms with van der Waals surface area (Å²) in [4.78, 5) is 23.6. The fourth-order valence-corrected chi connectivity index (χ4v) is 3.18. The van der Waals surface area contributed by atoms with Crippen LogP contribution in [0.1, 0.15) is 31.7 Å². The smallest absolute Gasteiger partial charge is 0.326 e. The molecule has 1 heterocycles. The molecule has 0 radical (unpaired) electrons. The lowest BCUT2D eigenvalue weighted by Crippen LogP contribution is -2.43. The van der Waals surface area contributed by atoms with Gasteiger partial charge in [0.15, 0.2) is 0 Å². The van der Waals surface area contributed by atoms with Gasteiger partial charge in [-0.05, 0) is 43.3 Å². The number of hydrogen-bond acceptors (Lipinski definition) is 3. The largest absolute Gasteiger partial charge is 0.480 e. The van der Waals surface area contributed by atoms with Gasteiger partial charge in [0.25, 0.3) is 0 Å². The molecule has 5 heteroatoms. The van der Waals surface area contributed by atoms with E-state index in [0.29, 0.717) is 18.8 Å². The molecule has 0 aliphatic carbocycles. The summed E-state index contributed by atoms with van der Waals surface area (Å²) in [5.74, 6) is -0.334. The van der Waals surface area contributed by atoms with Gasteiger partial charge in [0.2, 0.25) is 5.91 Å². The van der Waals surface area contributed by atoms with E-state index >= 15 is 0 Å². The van der Waals surface area contributed by atoms with Crippen LogP contribution in [0.3, 0.4) is 0 Å². The number of aliphatic carboxylic acids is 1. The van der Waals surface area contributed by atoms with Crippen LogP contribution in [-0.4, -0.2) is 36.1 Å². The number of carboxylic acids is 1. The second-order valence-electron chi connectivity index (χ2n) is 6.42. The molecule has 0 spiro atoms. The van der Waals surface area contributed by atoms with Gasteiger partial charge in [-0.2, -0.15) is 0 Å². The lowest BCUT2D eigenvalue weighted by molar-refractivity contribution is -0.142. The average molecular weight is 318 g/mol. The van der Waals surface area contributed by atoms with E-state index in [1.54, 1.807) is 0 Å². The highest BCUT2D eigenvalue weighted by atomic mass is 16.4. The highest BCUT2D eigenvalue weighted by molar-refractivity contribution is 5.83. The van der Waals surface area contributed by atoms with E-state index in [0.717, 1.165) is 31.5 Å². The van der Waals surface area contributed by atoms with Crippen LogP contribution in [0.2, 0.25) is 0 Å². The van der Waals surface area contributed by atoms with E-state index < -0.39 is 12.0 Å². The molecule has 1 amide bonds. The van der Waals surface area contributed by atoms with Crippen molar-refractivity contribution >= 4 is 11.9 Å². The van der Waals surface area contributed by atoms with Gasteiger partial charge in [0.1, 0.15) is 6.04 Å². The van der Waals surface area contributed by atoms with E-state index in [2.05, 4.69) is 17.6 Å². The first-order chi connectivity index (χ1) is 11.1. The predicted octanol–water partition coefficient (Wildman–Crippen LogP) is 1.82. The Hall–Kier alpha value is -1.88. The third-order valence-electron chi connectivity index (χ3n) is 4.61. The first kappa shape index (κ1) is 17.5. The Morgan fingerprint density at radius 3 is 2.52 bits per heavy atom. The number of carboxylic acid groups (broad SMARTS) is 1. The average Bonchev–Trinajstić information content (AvgIpc) is 2.56. The minimum atomic E-state index is -0.989. The number of carbonyl (C=O) groups excluding carboxylic acids is 1.